The summed E-state index contributed by atoms with van der Waals surface area (Å²) < 4.78 is 18.8. The second-order valence-corrected chi connectivity index (χ2v) is 8.38. The molecule has 32 heavy (non-hydrogen) atoms. The monoisotopic (exact) mass is 429 g/mol. The number of nitrogens with zero attached hydrogens (tertiary/aromatic N) is 3. The van der Waals surface area contributed by atoms with Crippen LogP contribution in [-0.2, 0) is 0 Å². The molecule has 1 aliphatic rings. The van der Waals surface area contributed by atoms with Gasteiger partial charge in [0.1, 0.15) is 11.3 Å². The Hall–Kier alpha value is -3.67. The van der Waals surface area contributed by atoms with Crippen LogP contribution in [-0.4, -0.2) is 41.6 Å². The fraction of sp³-hybridized carbons (Fsp3) is 0.231. The molecule has 2 heterocycles. The van der Waals surface area contributed by atoms with Crippen LogP contribution in [0.15, 0.2) is 71.3 Å². The van der Waals surface area contributed by atoms with Gasteiger partial charge < -0.3 is 14.3 Å². The van der Waals surface area contributed by atoms with Crippen molar-refractivity contribution in [2.75, 3.05) is 24.5 Å². The summed E-state index contributed by atoms with van der Waals surface area (Å²) in [5.41, 5.74) is 4.41. The van der Waals surface area contributed by atoms with E-state index in [2.05, 4.69) is 48.2 Å². The molecule has 0 N–H and O–H groups in total. The van der Waals surface area contributed by atoms with Gasteiger partial charge in [-0.05, 0) is 74.0 Å². The van der Waals surface area contributed by atoms with E-state index in [1.165, 1.54) is 23.4 Å². The lowest BCUT2D eigenvalue weighted by Gasteiger charge is -2.41. The average molecular weight is 429 g/mol. The Morgan fingerprint density at radius 2 is 1.88 bits per heavy atom. The number of hydrogen-bond acceptors (Lipinski definition) is 4. The quantitative estimate of drug-likeness (QED) is 0.444. The summed E-state index contributed by atoms with van der Waals surface area (Å²) in [7, 11) is 0. The molecule has 0 unspecified atom stereocenters. The summed E-state index contributed by atoms with van der Waals surface area (Å²) in [6.45, 7) is 6.34. The van der Waals surface area contributed by atoms with Crippen LogP contribution in [0.25, 0.3) is 22.2 Å². The molecule has 1 aromatic heterocycles. The number of benzene rings is 3. The number of rotatable bonds is 3. The molecular formula is C26H24FN3O2. The Morgan fingerprint density at radius 3 is 2.62 bits per heavy atom. The largest absolute Gasteiger partial charge is 0.365 e. The van der Waals surface area contributed by atoms with Gasteiger partial charge in [0.15, 0.2) is 5.76 Å². The molecule has 0 aliphatic carbocycles. The molecule has 1 saturated heterocycles. The molecule has 5 rings (SSSR count). The van der Waals surface area contributed by atoms with Crippen LogP contribution < -0.4 is 4.90 Å². The Morgan fingerprint density at radius 1 is 1.06 bits per heavy atom. The summed E-state index contributed by atoms with van der Waals surface area (Å²) >= 11 is 0. The van der Waals surface area contributed by atoms with E-state index >= 15 is 0 Å². The van der Waals surface area contributed by atoms with Crippen LogP contribution in [0.4, 0.5) is 10.1 Å². The van der Waals surface area contributed by atoms with Crippen molar-refractivity contribution in [1.82, 2.24) is 10.1 Å². The number of fused-ring (bicyclic) bond motifs is 1. The third-order valence-corrected chi connectivity index (χ3v) is 6.08. The fourth-order valence-corrected chi connectivity index (χ4v) is 4.40. The molecule has 1 atom stereocenters. The predicted molar refractivity (Wildman–Crippen MR) is 123 cm³/mol. The number of carbonyl (C=O) groups is 1. The molecule has 4 aromatic rings. The molecule has 6 heteroatoms. The maximum atomic E-state index is 13.3. The SMILES string of the molecule is Cc1cccc(N2CCN(C(=O)c3ccc4noc(-c5ccc(F)cc5)c4c3)C[C@@H]2C)c1. The zero-order valence-corrected chi connectivity index (χ0v) is 18.1. The first-order valence-electron chi connectivity index (χ1n) is 10.8. The van der Waals surface area contributed by atoms with Gasteiger partial charge in [-0.1, -0.05) is 17.3 Å². The summed E-state index contributed by atoms with van der Waals surface area (Å²) in [5, 5.41) is 4.84. The number of aryl methyl sites for hydroxylation is 1. The van der Waals surface area contributed by atoms with Crippen molar-refractivity contribution in [3.8, 4) is 11.3 Å². The Bertz CT molecular complexity index is 1280. The molecule has 5 nitrogen and oxygen atoms in total. The fourth-order valence-electron chi connectivity index (χ4n) is 4.40. The van der Waals surface area contributed by atoms with Crippen molar-refractivity contribution in [3.05, 3.63) is 83.7 Å². The molecule has 162 valence electrons. The Balaban J connectivity index is 1.38. The first-order valence-corrected chi connectivity index (χ1v) is 10.8. The highest BCUT2D eigenvalue weighted by Gasteiger charge is 2.28. The molecule has 1 fully saturated rings. The number of amides is 1. The molecule has 3 aromatic carbocycles. The topological polar surface area (TPSA) is 49.6 Å². The number of aromatic nitrogens is 1. The smallest absolute Gasteiger partial charge is 0.254 e. The summed E-state index contributed by atoms with van der Waals surface area (Å²) in [4.78, 5) is 17.6. The van der Waals surface area contributed by atoms with E-state index in [4.69, 9.17) is 4.52 Å². The van der Waals surface area contributed by atoms with Crippen LogP contribution in [0.2, 0.25) is 0 Å². The Kier molecular flexibility index (Phi) is 5.13. The highest BCUT2D eigenvalue weighted by atomic mass is 19.1. The zero-order valence-electron chi connectivity index (χ0n) is 18.1. The maximum Gasteiger partial charge on any atom is 0.254 e. The number of anilines is 1. The van der Waals surface area contributed by atoms with Crippen molar-refractivity contribution in [1.29, 1.82) is 0 Å². The third kappa shape index (κ3) is 3.73. The third-order valence-electron chi connectivity index (χ3n) is 6.08. The number of carbonyl (C=O) groups excluding carboxylic acids is 1. The molecule has 0 spiro atoms. The minimum absolute atomic E-state index is 0.00565. The second kappa shape index (κ2) is 8.11. The number of hydrogen-bond donors (Lipinski definition) is 0. The Labute approximate surface area is 186 Å². The minimum atomic E-state index is -0.313. The van der Waals surface area contributed by atoms with Crippen LogP contribution >= 0.6 is 0 Å². The van der Waals surface area contributed by atoms with E-state index in [0.29, 0.717) is 29.9 Å². The summed E-state index contributed by atoms with van der Waals surface area (Å²) in [5.74, 6) is 0.216. The van der Waals surface area contributed by atoms with Crippen LogP contribution in [0.1, 0.15) is 22.8 Å². The summed E-state index contributed by atoms with van der Waals surface area (Å²) in [6.07, 6.45) is 0. The van der Waals surface area contributed by atoms with Crippen molar-refractivity contribution >= 4 is 22.5 Å². The predicted octanol–water partition coefficient (Wildman–Crippen LogP) is 5.29. The van der Waals surface area contributed by atoms with E-state index in [1.807, 2.05) is 11.0 Å². The van der Waals surface area contributed by atoms with Crippen LogP contribution in [0, 0.1) is 12.7 Å². The lowest BCUT2D eigenvalue weighted by atomic mass is 10.0. The zero-order chi connectivity index (χ0) is 22.2. The van der Waals surface area contributed by atoms with E-state index in [1.54, 1.807) is 24.3 Å². The normalized spacial score (nSPS) is 16.5. The molecule has 0 bridgehead atoms. The summed E-state index contributed by atoms with van der Waals surface area (Å²) in [6, 6.07) is 20.2. The van der Waals surface area contributed by atoms with Gasteiger partial charge in [-0.3, -0.25) is 4.79 Å². The lowest BCUT2D eigenvalue weighted by molar-refractivity contribution is 0.0726. The van der Waals surface area contributed by atoms with Gasteiger partial charge in [0.2, 0.25) is 0 Å². The molecule has 1 amide bonds. The van der Waals surface area contributed by atoms with E-state index < -0.39 is 0 Å². The van der Waals surface area contributed by atoms with Crippen LogP contribution in [0.5, 0.6) is 0 Å². The minimum Gasteiger partial charge on any atom is -0.365 e. The lowest BCUT2D eigenvalue weighted by Crippen LogP contribution is -2.53. The number of halogens is 1. The molecule has 0 radical (unpaired) electrons. The van der Waals surface area contributed by atoms with E-state index in [-0.39, 0.29) is 17.8 Å². The van der Waals surface area contributed by atoms with Crippen molar-refractivity contribution in [2.24, 2.45) is 0 Å². The van der Waals surface area contributed by atoms with E-state index in [0.717, 1.165) is 17.5 Å². The van der Waals surface area contributed by atoms with Gasteiger partial charge in [-0.2, -0.15) is 0 Å². The molecular weight excluding hydrogens is 405 g/mol. The van der Waals surface area contributed by atoms with E-state index in [9.17, 15) is 9.18 Å². The highest BCUT2D eigenvalue weighted by molar-refractivity contribution is 6.01. The second-order valence-electron chi connectivity index (χ2n) is 8.38. The number of piperazine rings is 1. The first kappa shape index (κ1) is 20.2. The van der Waals surface area contributed by atoms with Crippen LogP contribution in [0.3, 0.4) is 0 Å². The van der Waals surface area contributed by atoms with Gasteiger partial charge >= 0.3 is 0 Å². The molecule has 1 aliphatic heterocycles. The maximum absolute atomic E-state index is 13.3. The first-order chi connectivity index (χ1) is 15.5. The van der Waals surface area contributed by atoms with Gasteiger partial charge in [0, 0.05) is 42.5 Å². The van der Waals surface area contributed by atoms with Crippen molar-refractivity contribution in [2.45, 2.75) is 19.9 Å². The van der Waals surface area contributed by atoms with Gasteiger partial charge in [-0.15, -0.1) is 0 Å². The van der Waals surface area contributed by atoms with Crippen molar-refractivity contribution in [3.63, 3.8) is 0 Å². The molecule has 0 saturated carbocycles. The van der Waals surface area contributed by atoms with Crippen molar-refractivity contribution < 1.29 is 13.7 Å². The van der Waals surface area contributed by atoms with Gasteiger partial charge in [-0.25, -0.2) is 4.39 Å². The van der Waals surface area contributed by atoms with Gasteiger partial charge in [0.25, 0.3) is 5.91 Å². The average Bonchev–Trinajstić information content (AvgIpc) is 3.22. The standard InChI is InChI=1S/C26H24FN3O2/c1-17-4-3-5-22(14-17)30-13-12-29(16-18(30)2)26(31)20-8-11-24-23(15-20)25(32-28-24)19-6-9-21(27)10-7-19/h3-11,14-15,18H,12-13,16H2,1-2H3/t18-/m0/s1. The van der Waals surface area contributed by atoms with Gasteiger partial charge in [0.05, 0.1) is 5.39 Å². The highest BCUT2D eigenvalue weighted by Crippen LogP contribution is 2.30.